The van der Waals surface area contributed by atoms with E-state index in [0.717, 1.165) is 16.5 Å². The van der Waals surface area contributed by atoms with E-state index in [-0.39, 0.29) is 17.4 Å². The number of carbonyl (C=O) groups excluding carboxylic acids is 2. The molecular formula is C26H38N4O4. The molecule has 2 aromatic rings. The largest absolute Gasteiger partial charge is 0.478 e. The van der Waals surface area contributed by atoms with Crippen LogP contribution in [0.2, 0.25) is 0 Å². The molecule has 0 unspecified atom stereocenters. The van der Waals surface area contributed by atoms with Gasteiger partial charge in [0.1, 0.15) is 6.04 Å². The Morgan fingerprint density at radius 1 is 1.21 bits per heavy atom. The lowest BCUT2D eigenvalue weighted by Crippen LogP contribution is -2.58. The van der Waals surface area contributed by atoms with Crippen LogP contribution in [0, 0.1) is 11.3 Å². The van der Waals surface area contributed by atoms with Crippen LogP contribution in [0.5, 0.6) is 0 Å². The van der Waals surface area contributed by atoms with E-state index in [4.69, 9.17) is 5.73 Å². The summed E-state index contributed by atoms with van der Waals surface area (Å²) in [6.07, 6.45) is 3.75. The maximum Gasteiger partial charge on any atom is 0.331 e. The summed E-state index contributed by atoms with van der Waals surface area (Å²) in [6, 6.07) is 5.69. The summed E-state index contributed by atoms with van der Waals surface area (Å²) in [7, 11) is 1.63. The van der Waals surface area contributed by atoms with Crippen molar-refractivity contribution in [2.45, 2.75) is 66.1 Å². The molecule has 3 atom stereocenters. The van der Waals surface area contributed by atoms with Crippen molar-refractivity contribution in [2.75, 3.05) is 7.05 Å². The highest BCUT2D eigenvalue weighted by Crippen LogP contribution is 2.24. The van der Waals surface area contributed by atoms with Crippen molar-refractivity contribution >= 4 is 28.7 Å². The van der Waals surface area contributed by atoms with Gasteiger partial charge in [0.15, 0.2) is 0 Å². The molecule has 5 N–H and O–H groups in total. The summed E-state index contributed by atoms with van der Waals surface area (Å²) < 4.78 is 0. The van der Waals surface area contributed by atoms with Crippen LogP contribution in [-0.4, -0.2) is 57.9 Å². The summed E-state index contributed by atoms with van der Waals surface area (Å²) in [6.45, 7) is 11.0. The summed E-state index contributed by atoms with van der Waals surface area (Å²) >= 11 is 0. The lowest BCUT2D eigenvalue weighted by molar-refractivity contribution is -0.140. The van der Waals surface area contributed by atoms with Gasteiger partial charge in [0.25, 0.3) is 0 Å². The molecule has 0 bridgehead atoms. The molecule has 2 amide bonds. The van der Waals surface area contributed by atoms with Gasteiger partial charge in [-0.3, -0.25) is 9.59 Å². The molecule has 0 spiro atoms. The predicted octanol–water partition coefficient (Wildman–Crippen LogP) is 3.08. The Morgan fingerprint density at radius 3 is 2.38 bits per heavy atom. The van der Waals surface area contributed by atoms with Gasteiger partial charge in [0, 0.05) is 29.7 Å². The second-order valence-electron chi connectivity index (χ2n) is 10.3. The lowest BCUT2D eigenvalue weighted by atomic mass is 9.84. The number of aromatic amines is 1. The number of carbonyl (C=O) groups is 3. The molecular weight excluding hydrogens is 432 g/mol. The Balaban J connectivity index is 2.22. The number of aliphatic carboxylic acids is 1. The molecule has 8 heteroatoms. The predicted molar refractivity (Wildman–Crippen MR) is 134 cm³/mol. The van der Waals surface area contributed by atoms with E-state index in [1.165, 1.54) is 11.8 Å². The number of rotatable bonds is 9. The zero-order chi connectivity index (χ0) is 25.8. The highest BCUT2D eigenvalue weighted by molar-refractivity contribution is 5.91. The third kappa shape index (κ3) is 6.47. The zero-order valence-electron chi connectivity index (χ0n) is 21.2. The number of nitrogens with zero attached hydrogens (tertiary/aromatic N) is 1. The number of nitrogens with two attached hydrogens (primary N) is 1. The molecule has 2 rings (SSSR count). The fraction of sp³-hybridized carbons (Fsp3) is 0.500. The number of hydrogen-bond acceptors (Lipinski definition) is 4. The van der Waals surface area contributed by atoms with E-state index in [1.54, 1.807) is 13.1 Å². The summed E-state index contributed by atoms with van der Waals surface area (Å²) in [4.78, 5) is 42.6. The second kappa shape index (κ2) is 10.9. The van der Waals surface area contributed by atoms with Crippen molar-refractivity contribution in [3.8, 4) is 0 Å². The monoisotopic (exact) mass is 470 g/mol. The fourth-order valence-corrected chi connectivity index (χ4v) is 3.96. The minimum Gasteiger partial charge on any atom is -0.478 e. The number of para-hydroxylation sites is 1. The number of aromatic nitrogens is 1. The van der Waals surface area contributed by atoms with Crippen molar-refractivity contribution in [1.82, 2.24) is 15.2 Å². The van der Waals surface area contributed by atoms with Gasteiger partial charge in [-0.15, -0.1) is 0 Å². The van der Waals surface area contributed by atoms with E-state index in [9.17, 15) is 19.5 Å². The molecule has 34 heavy (non-hydrogen) atoms. The van der Waals surface area contributed by atoms with Gasteiger partial charge in [-0.05, 0) is 36.3 Å². The van der Waals surface area contributed by atoms with Gasteiger partial charge in [-0.25, -0.2) is 4.79 Å². The van der Waals surface area contributed by atoms with E-state index in [0.29, 0.717) is 6.42 Å². The Bertz CT molecular complexity index is 1060. The molecule has 8 nitrogen and oxygen atoms in total. The van der Waals surface area contributed by atoms with Crippen LogP contribution in [0.1, 0.15) is 47.1 Å². The van der Waals surface area contributed by atoms with Crippen molar-refractivity contribution in [1.29, 1.82) is 0 Å². The van der Waals surface area contributed by atoms with Crippen molar-refractivity contribution < 1.29 is 19.5 Å². The Labute approximate surface area is 201 Å². The van der Waals surface area contributed by atoms with Crippen LogP contribution < -0.4 is 11.1 Å². The fourth-order valence-electron chi connectivity index (χ4n) is 3.96. The van der Waals surface area contributed by atoms with E-state index in [2.05, 4.69) is 10.3 Å². The first-order chi connectivity index (χ1) is 15.7. The molecule has 0 fully saturated rings. The van der Waals surface area contributed by atoms with Gasteiger partial charge in [0.05, 0.1) is 12.1 Å². The minimum absolute atomic E-state index is 0.0244. The lowest BCUT2D eigenvalue weighted by Gasteiger charge is -2.37. The molecule has 1 aromatic heterocycles. The Kier molecular flexibility index (Phi) is 8.66. The molecule has 0 aliphatic rings. The van der Waals surface area contributed by atoms with E-state index in [1.807, 2.05) is 65.1 Å². The molecule has 186 valence electrons. The standard InChI is InChI=1S/C26H38N4O4/c1-15(2)21(12-16(3)25(33)34)30(7)24(32)22(26(4,5)6)29-23(31)19(27)13-17-14-28-20-11-9-8-10-18(17)20/h8-12,14-15,19,21-22,28H,13,27H2,1-7H3,(H,29,31)(H,33,34)/b16-12+/t19-,21+,22+/m0/s1. The van der Waals surface area contributed by atoms with Gasteiger partial charge >= 0.3 is 5.97 Å². The van der Waals surface area contributed by atoms with E-state index >= 15 is 0 Å². The molecule has 1 heterocycles. The van der Waals surface area contributed by atoms with Crippen LogP contribution in [0.3, 0.4) is 0 Å². The third-order valence-electron chi connectivity index (χ3n) is 6.09. The minimum atomic E-state index is -1.03. The summed E-state index contributed by atoms with van der Waals surface area (Å²) in [5.74, 6) is -1.77. The van der Waals surface area contributed by atoms with Crippen LogP contribution in [0.25, 0.3) is 10.9 Å². The number of hydrogen-bond donors (Lipinski definition) is 4. The molecule has 0 saturated carbocycles. The first-order valence-electron chi connectivity index (χ1n) is 11.5. The van der Waals surface area contributed by atoms with Crippen molar-refractivity contribution in [2.24, 2.45) is 17.1 Å². The number of fused-ring (bicyclic) bond motifs is 1. The average molecular weight is 471 g/mol. The van der Waals surface area contributed by atoms with Gasteiger partial charge in [0.2, 0.25) is 11.8 Å². The number of benzene rings is 1. The topological polar surface area (TPSA) is 129 Å². The number of nitrogens with one attached hydrogen (secondary N) is 2. The molecule has 1 aromatic carbocycles. The zero-order valence-corrected chi connectivity index (χ0v) is 21.2. The smallest absolute Gasteiger partial charge is 0.331 e. The SMILES string of the molecule is C/C(=C\[C@H](C(C)C)N(C)C(=O)[C@@H](NC(=O)[C@@H](N)Cc1c[nH]c2ccccc12)C(C)(C)C)C(=O)O. The van der Waals surface area contributed by atoms with Crippen LogP contribution >= 0.6 is 0 Å². The first-order valence-corrected chi connectivity index (χ1v) is 11.5. The molecule has 0 aliphatic heterocycles. The Morgan fingerprint density at radius 2 is 1.82 bits per heavy atom. The molecule has 0 radical (unpaired) electrons. The highest BCUT2D eigenvalue weighted by atomic mass is 16.4. The van der Waals surface area contributed by atoms with Crippen LogP contribution in [0.4, 0.5) is 0 Å². The first kappa shape index (κ1) is 27.1. The summed E-state index contributed by atoms with van der Waals surface area (Å²) in [5.41, 5.74) is 7.73. The number of H-pyrrole nitrogens is 1. The van der Waals surface area contributed by atoms with Gasteiger partial charge < -0.3 is 26.0 Å². The number of amides is 2. The van der Waals surface area contributed by atoms with Crippen LogP contribution in [-0.2, 0) is 20.8 Å². The van der Waals surface area contributed by atoms with Crippen molar-refractivity contribution in [3.05, 3.63) is 47.7 Å². The third-order valence-corrected chi connectivity index (χ3v) is 6.09. The van der Waals surface area contributed by atoms with Crippen molar-refractivity contribution in [3.63, 3.8) is 0 Å². The van der Waals surface area contributed by atoms with Gasteiger partial charge in [-0.1, -0.05) is 58.9 Å². The van der Waals surface area contributed by atoms with Crippen LogP contribution in [0.15, 0.2) is 42.1 Å². The maximum atomic E-state index is 13.5. The molecule has 0 saturated heterocycles. The molecule has 0 aliphatic carbocycles. The maximum absolute atomic E-state index is 13.5. The number of carboxylic acid groups (broad SMARTS) is 1. The normalized spacial score (nSPS) is 15.1. The number of likely N-dealkylation sites (N-methyl/N-ethyl adjacent to an activating group) is 1. The average Bonchev–Trinajstić information content (AvgIpc) is 3.16. The Hall–Kier alpha value is -3.13. The second-order valence-corrected chi connectivity index (χ2v) is 10.3. The van der Waals surface area contributed by atoms with Gasteiger partial charge in [-0.2, -0.15) is 0 Å². The highest BCUT2D eigenvalue weighted by Gasteiger charge is 2.37. The number of carboxylic acids is 1. The summed E-state index contributed by atoms with van der Waals surface area (Å²) in [5, 5.41) is 13.2. The quantitative estimate of drug-likeness (QED) is 0.419. The van der Waals surface area contributed by atoms with E-state index < -0.39 is 35.4 Å².